The van der Waals surface area contributed by atoms with Crippen molar-refractivity contribution in [3.05, 3.63) is 29.1 Å². The summed E-state index contributed by atoms with van der Waals surface area (Å²) < 4.78 is 4.57. The number of carbonyl (C=O) groups excluding carboxylic acids is 1. The van der Waals surface area contributed by atoms with Crippen LogP contribution < -0.4 is 0 Å². The van der Waals surface area contributed by atoms with Crippen LogP contribution in [0.2, 0.25) is 0 Å². The third-order valence-electron chi connectivity index (χ3n) is 2.34. The van der Waals surface area contributed by atoms with Gasteiger partial charge in [-0.2, -0.15) is 0 Å². The molecule has 0 aromatic carbocycles. The fourth-order valence-electron chi connectivity index (χ4n) is 1.38. The monoisotopic (exact) mass is 303 g/mol. The number of pyridine rings is 1. The Bertz CT molecular complexity index is 410. The van der Waals surface area contributed by atoms with E-state index in [9.17, 15) is 15.0 Å². The van der Waals surface area contributed by atoms with Crippen LogP contribution in [-0.2, 0) is 4.74 Å². The van der Waals surface area contributed by atoms with Gasteiger partial charge in [-0.3, -0.25) is 0 Å². The minimum atomic E-state index is -1.03. The predicted molar refractivity (Wildman–Crippen MR) is 65.1 cm³/mol. The maximum absolute atomic E-state index is 11.3. The van der Waals surface area contributed by atoms with Crippen molar-refractivity contribution in [3.63, 3.8) is 0 Å². The molecule has 0 amide bonds. The average molecular weight is 304 g/mol. The Morgan fingerprint density at radius 2 is 2.24 bits per heavy atom. The SMILES string of the molecule is COC(=O)c1ncc(C(O)C(O)CBr)cc1C. The molecule has 5 nitrogen and oxygen atoms in total. The van der Waals surface area contributed by atoms with E-state index in [2.05, 4.69) is 25.7 Å². The number of halogens is 1. The molecular weight excluding hydrogens is 290 g/mol. The summed E-state index contributed by atoms with van der Waals surface area (Å²) in [6.07, 6.45) is -0.594. The maximum Gasteiger partial charge on any atom is 0.356 e. The van der Waals surface area contributed by atoms with Crippen molar-refractivity contribution in [2.45, 2.75) is 19.1 Å². The summed E-state index contributed by atoms with van der Waals surface area (Å²) in [5.41, 5.74) is 1.26. The van der Waals surface area contributed by atoms with Crippen molar-refractivity contribution in [2.24, 2.45) is 0 Å². The van der Waals surface area contributed by atoms with Crippen LogP contribution in [0.5, 0.6) is 0 Å². The molecule has 0 fully saturated rings. The Balaban J connectivity index is 3.00. The average Bonchev–Trinajstić information content (AvgIpc) is 2.35. The standard InChI is InChI=1S/C11H14BrNO4/c1-6-3-7(10(15)8(14)4-12)5-13-9(6)11(16)17-2/h3,5,8,10,14-15H,4H2,1-2H3. The van der Waals surface area contributed by atoms with Crippen molar-refractivity contribution in [1.82, 2.24) is 4.98 Å². The zero-order valence-corrected chi connectivity index (χ0v) is 11.1. The van der Waals surface area contributed by atoms with Gasteiger partial charge in [0.05, 0.1) is 13.2 Å². The summed E-state index contributed by atoms with van der Waals surface area (Å²) in [7, 11) is 1.28. The second-order valence-corrected chi connectivity index (χ2v) is 4.24. The molecule has 0 aliphatic carbocycles. The van der Waals surface area contributed by atoms with E-state index in [0.717, 1.165) is 0 Å². The first-order valence-electron chi connectivity index (χ1n) is 4.98. The molecular formula is C11H14BrNO4. The van der Waals surface area contributed by atoms with Crippen molar-refractivity contribution >= 4 is 21.9 Å². The number of aromatic nitrogens is 1. The molecule has 0 saturated carbocycles. The minimum Gasteiger partial charge on any atom is -0.464 e. The van der Waals surface area contributed by atoms with Gasteiger partial charge in [-0.15, -0.1) is 0 Å². The Hall–Kier alpha value is -0.980. The molecule has 2 N–H and O–H groups in total. The molecule has 17 heavy (non-hydrogen) atoms. The van der Waals surface area contributed by atoms with E-state index in [1.807, 2.05) is 0 Å². The largest absolute Gasteiger partial charge is 0.464 e. The van der Waals surface area contributed by atoms with E-state index in [1.165, 1.54) is 13.3 Å². The smallest absolute Gasteiger partial charge is 0.356 e. The molecule has 0 spiro atoms. The first kappa shape index (κ1) is 14.1. The molecule has 2 unspecified atom stereocenters. The van der Waals surface area contributed by atoms with Gasteiger partial charge in [-0.1, -0.05) is 15.9 Å². The molecule has 1 aromatic rings. The Labute approximate surface area is 108 Å². The zero-order valence-electron chi connectivity index (χ0n) is 9.55. The molecule has 1 aromatic heterocycles. The van der Waals surface area contributed by atoms with Crippen LogP contribution in [0.3, 0.4) is 0 Å². The molecule has 2 atom stereocenters. The van der Waals surface area contributed by atoms with E-state index < -0.39 is 18.2 Å². The van der Waals surface area contributed by atoms with Gasteiger partial charge >= 0.3 is 5.97 Å². The maximum atomic E-state index is 11.3. The number of ether oxygens (including phenoxy) is 1. The van der Waals surface area contributed by atoms with Gasteiger partial charge in [0.1, 0.15) is 6.10 Å². The third kappa shape index (κ3) is 3.24. The van der Waals surface area contributed by atoms with E-state index in [4.69, 9.17) is 0 Å². The van der Waals surface area contributed by atoms with Gasteiger partial charge in [-0.25, -0.2) is 9.78 Å². The van der Waals surface area contributed by atoms with Crippen LogP contribution in [0.15, 0.2) is 12.3 Å². The predicted octanol–water partition coefficient (Wildman–Crippen LogP) is 0.966. The number of carbonyl (C=O) groups is 1. The molecule has 94 valence electrons. The lowest BCUT2D eigenvalue weighted by Crippen LogP contribution is -2.20. The van der Waals surface area contributed by atoms with Crippen molar-refractivity contribution in [2.75, 3.05) is 12.4 Å². The van der Waals surface area contributed by atoms with Crippen molar-refractivity contribution in [3.8, 4) is 0 Å². The normalized spacial score (nSPS) is 14.2. The van der Waals surface area contributed by atoms with Gasteiger partial charge in [0.25, 0.3) is 0 Å². The topological polar surface area (TPSA) is 79.7 Å². The Morgan fingerprint density at radius 3 is 2.71 bits per heavy atom. The highest BCUT2D eigenvalue weighted by Crippen LogP contribution is 2.20. The van der Waals surface area contributed by atoms with E-state index >= 15 is 0 Å². The summed E-state index contributed by atoms with van der Waals surface area (Å²) in [6, 6.07) is 1.61. The number of hydrogen-bond acceptors (Lipinski definition) is 5. The Morgan fingerprint density at radius 1 is 1.59 bits per heavy atom. The summed E-state index contributed by atoms with van der Waals surface area (Å²) in [6.45, 7) is 1.69. The van der Waals surface area contributed by atoms with E-state index in [0.29, 0.717) is 11.1 Å². The molecule has 0 aliphatic heterocycles. The lowest BCUT2D eigenvalue weighted by Gasteiger charge is -2.16. The zero-order chi connectivity index (χ0) is 13.0. The van der Waals surface area contributed by atoms with Crippen LogP contribution in [0.25, 0.3) is 0 Å². The summed E-state index contributed by atoms with van der Waals surface area (Å²) in [5, 5.41) is 19.5. The van der Waals surface area contributed by atoms with Crippen LogP contribution >= 0.6 is 15.9 Å². The van der Waals surface area contributed by atoms with Gasteiger partial charge in [0.15, 0.2) is 5.69 Å². The first-order valence-corrected chi connectivity index (χ1v) is 6.10. The number of nitrogens with zero attached hydrogens (tertiary/aromatic N) is 1. The van der Waals surface area contributed by atoms with Gasteiger partial charge in [0, 0.05) is 17.1 Å². The summed E-state index contributed by atoms with van der Waals surface area (Å²) in [4.78, 5) is 15.2. The quantitative estimate of drug-likeness (QED) is 0.640. The molecule has 6 heteroatoms. The molecule has 0 radical (unpaired) electrons. The van der Waals surface area contributed by atoms with E-state index in [1.54, 1.807) is 13.0 Å². The summed E-state index contributed by atoms with van der Waals surface area (Å²) >= 11 is 3.08. The first-order chi connectivity index (χ1) is 8.01. The Kier molecular flexibility index (Phi) is 5.04. The number of esters is 1. The second-order valence-electron chi connectivity index (χ2n) is 3.59. The molecule has 0 saturated heterocycles. The summed E-state index contributed by atoms with van der Waals surface area (Å²) in [5.74, 6) is -0.524. The number of rotatable bonds is 4. The fourth-order valence-corrected chi connectivity index (χ4v) is 1.73. The lowest BCUT2D eigenvalue weighted by molar-refractivity contribution is 0.0339. The number of aliphatic hydroxyl groups is 2. The van der Waals surface area contributed by atoms with Gasteiger partial charge < -0.3 is 14.9 Å². The molecule has 0 bridgehead atoms. The van der Waals surface area contributed by atoms with Crippen molar-refractivity contribution < 1.29 is 19.7 Å². The highest BCUT2D eigenvalue weighted by Gasteiger charge is 2.19. The van der Waals surface area contributed by atoms with E-state index in [-0.39, 0.29) is 11.0 Å². The molecule has 1 rings (SSSR count). The number of alkyl halides is 1. The van der Waals surface area contributed by atoms with Crippen LogP contribution in [0.4, 0.5) is 0 Å². The number of aryl methyl sites for hydroxylation is 1. The highest BCUT2D eigenvalue weighted by molar-refractivity contribution is 9.09. The van der Waals surface area contributed by atoms with Crippen LogP contribution in [0.1, 0.15) is 27.7 Å². The minimum absolute atomic E-state index is 0.205. The van der Waals surface area contributed by atoms with Gasteiger partial charge in [0.2, 0.25) is 0 Å². The number of aliphatic hydroxyl groups excluding tert-OH is 2. The van der Waals surface area contributed by atoms with Gasteiger partial charge in [-0.05, 0) is 18.6 Å². The molecule has 1 heterocycles. The highest BCUT2D eigenvalue weighted by atomic mass is 79.9. The number of methoxy groups -OCH3 is 1. The second kappa shape index (κ2) is 6.09. The number of hydrogen-bond donors (Lipinski definition) is 2. The third-order valence-corrected chi connectivity index (χ3v) is 3.01. The fraction of sp³-hybridized carbons (Fsp3) is 0.455. The van der Waals surface area contributed by atoms with Crippen LogP contribution in [-0.4, -0.2) is 39.7 Å². The lowest BCUT2D eigenvalue weighted by atomic mass is 10.0. The van der Waals surface area contributed by atoms with Crippen molar-refractivity contribution in [1.29, 1.82) is 0 Å². The molecule has 0 aliphatic rings. The van der Waals surface area contributed by atoms with Crippen LogP contribution in [0, 0.1) is 6.92 Å².